The smallest absolute Gasteiger partial charge is 0.227 e. The molecule has 2 rings (SSSR count). The molecule has 1 amide bonds. The summed E-state index contributed by atoms with van der Waals surface area (Å²) in [5.74, 6) is 0.842. The molecule has 0 saturated carbocycles. The molecule has 8 heteroatoms. The van der Waals surface area contributed by atoms with Crippen LogP contribution in [-0.4, -0.2) is 36.5 Å². The summed E-state index contributed by atoms with van der Waals surface area (Å²) < 4.78 is 12.9. The minimum absolute atomic E-state index is 0. The topological polar surface area (TPSA) is 78.4 Å². The molecular weight excluding hydrogens is 472 g/mol. The molecule has 28 heavy (non-hydrogen) atoms. The second-order valence-corrected chi connectivity index (χ2v) is 6.03. The fourth-order valence-electron chi connectivity index (χ4n) is 2.41. The standard InChI is InChI=1S/C20H26FN5O.HI/c1-3-22-20(23-13-11-16-7-9-17(21)10-8-16)24-14-12-19(27)26-18-6-4-5-15(2)25-18;/h4-10H,3,11-14H2,1-2H3,(H2,22,23,24)(H,25,26,27);1H. The molecule has 0 aliphatic rings. The Kier molecular flexibility index (Phi) is 11.1. The number of amides is 1. The second kappa shape index (κ2) is 13.0. The first-order valence-electron chi connectivity index (χ1n) is 9.07. The normalized spacial score (nSPS) is 10.8. The number of nitrogens with zero attached hydrogens (tertiary/aromatic N) is 2. The lowest BCUT2D eigenvalue weighted by Gasteiger charge is -2.11. The van der Waals surface area contributed by atoms with E-state index < -0.39 is 0 Å². The number of pyridine rings is 1. The van der Waals surface area contributed by atoms with Crippen LogP contribution in [0.3, 0.4) is 0 Å². The number of carbonyl (C=O) groups is 1. The molecule has 152 valence electrons. The van der Waals surface area contributed by atoms with Gasteiger partial charge < -0.3 is 16.0 Å². The van der Waals surface area contributed by atoms with Gasteiger partial charge in [0, 0.05) is 25.2 Å². The molecule has 0 aliphatic carbocycles. The van der Waals surface area contributed by atoms with Crippen LogP contribution in [0.4, 0.5) is 10.2 Å². The first-order valence-corrected chi connectivity index (χ1v) is 9.07. The van der Waals surface area contributed by atoms with Crippen LogP contribution < -0.4 is 16.0 Å². The third-order valence-corrected chi connectivity index (χ3v) is 3.73. The maximum absolute atomic E-state index is 12.9. The zero-order valence-electron chi connectivity index (χ0n) is 16.2. The number of anilines is 1. The van der Waals surface area contributed by atoms with Crippen LogP contribution in [0.15, 0.2) is 47.5 Å². The SMILES string of the molecule is CCNC(=NCCC(=O)Nc1cccc(C)n1)NCCc1ccc(F)cc1.I. The zero-order valence-corrected chi connectivity index (χ0v) is 18.5. The van der Waals surface area contributed by atoms with E-state index >= 15 is 0 Å². The van der Waals surface area contributed by atoms with Crippen LogP contribution in [-0.2, 0) is 11.2 Å². The Hall–Kier alpha value is -2.23. The zero-order chi connectivity index (χ0) is 19.5. The van der Waals surface area contributed by atoms with E-state index in [4.69, 9.17) is 0 Å². The van der Waals surface area contributed by atoms with E-state index in [0.717, 1.165) is 24.2 Å². The van der Waals surface area contributed by atoms with Gasteiger partial charge in [-0.05, 0) is 50.1 Å². The minimum atomic E-state index is -0.235. The number of aryl methyl sites for hydroxylation is 1. The van der Waals surface area contributed by atoms with Crippen molar-refractivity contribution in [2.24, 2.45) is 4.99 Å². The van der Waals surface area contributed by atoms with Crippen LogP contribution in [0, 0.1) is 12.7 Å². The van der Waals surface area contributed by atoms with E-state index in [9.17, 15) is 9.18 Å². The molecular formula is C20H27FIN5O. The maximum Gasteiger partial charge on any atom is 0.227 e. The molecule has 0 radical (unpaired) electrons. The summed E-state index contributed by atoms with van der Waals surface area (Å²) in [5.41, 5.74) is 1.90. The van der Waals surface area contributed by atoms with Crippen molar-refractivity contribution in [2.45, 2.75) is 26.7 Å². The Morgan fingerprint density at radius 2 is 1.89 bits per heavy atom. The number of carbonyl (C=O) groups excluding carboxylic acids is 1. The van der Waals surface area contributed by atoms with Crippen molar-refractivity contribution < 1.29 is 9.18 Å². The van der Waals surface area contributed by atoms with Crippen molar-refractivity contribution in [1.82, 2.24) is 15.6 Å². The predicted octanol–water partition coefficient (Wildman–Crippen LogP) is 3.27. The van der Waals surface area contributed by atoms with E-state index in [1.807, 2.05) is 26.0 Å². The van der Waals surface area contributed by atoms with Crippen molar-refractivity contribution in [1.29, 1.82) is 0 Å². The Balaban J connectivity index is 0.00000392. The number of benzene rings is 1. The van der Waals surface area contributed by atoms with Gasteiger partial charge in [0.1, 0.15) is 11.6 Å². The van der Waals surface area contributed by atoms with Crippen LogP contribution in [0.25, 0.3) is 0 Å². The molecule has 1 aromatic carbocycles. The average Bonchev–Trinajstić information content (AvgIpc) is 2.63. The van der Waals surface area contributed by atoms with Gasteiger partial charge in [0.2, 0.25) is 5.91 Å². The van der Waals surface area contributed by atoms with Gasteiger partial charge in [-0.25, -0.2) is 9.37 Å². The first kappa shape index (κ1) is 23.8. The molecule has 0 bridgehead atoms. The molecule has 0 spiro atoms. The van der Waals surface area contributed by atoms with Gasteiger partial charge in [-0.15, -0.1) is 24.0 Å². The predicted molar refractivity (Wildman–Crippen MR) is 122 cm³/mol. The number of guanidine groups is 1. The fraction of sp³-hybridized carbons (Fsp3) is 0.350. The molecule has 3 N–H and O–H groups in total. The Morgan fingerprint density at radius 1 is 1.14 bits per heavy atom. The molecule has 1 heterocycles. The van der Waals surface area contributed by atoms with Crippen LogP contribution in [0.5, 0.6) is 0 Å². The Morgan fingerprint density at radius 3 is 2.57 bits per heavy atom. The highest BCUT2D eigenvalue weighted by atomic mass is 127. The molecule has 0 unspecified atom stereocenters. The molecule has 0 atom stereocenters. The minimum Gasteiger partial charge on any atom is -0.357 e. The quantitative estimate of drug-likeness (QED) is 0.296. The number of nitrogens with one attached hydrogen (secondary N) is 3. The van der Waals surface area contributed by atoms with Gasteiger partial charge in [0.15, 0.2) is 5.96 Å². The third-order valence-electron chi connectivity index (χ3n) is 3.73. The molecule has 1 aromatic heterocycles. The van der Waals surface area contributed by atoms with Crippen molar-refractivity contribution in [2.75, 3.05) is 25.0 Å². The van der Waals surface area contributed by atoms with Crippen LogP contribution >= 0.6 is 24.0 Å². The molecule has 2 aromatic rings. The maximum atomic E-state index is 12.9. The van der Waals surface area contributed by atoms with Crippen molar-refractivity contribution in [3.05, 3.63) is 59.5 Å². The van der Waals surface area contributed by atoms with Gasteiger partial charge in [-0.1, -0.05) is 18.2 Å². The highest BCUT2D eigenvalue weighted by Gasteiger charge is 2.04. The summed E-state index contributed by atoms with van der Waals surface area (Å²) in [7, 11) is 0. The molecule has 6 nitrogen and oxygen atoms in total. The van der Waals surface area contributed by atoms with E-state index in [-0.39, 0.29) is 42.1 Å². The van der Waals surface area contributed by atoms with Crippen molar-refractivity contribution in [3.8, 4) is 0 Å². The number of halogens is 2. The lowest BCUT2D eigenvalue weighted by Crippen LogP contribution is -2.38. The summed E-state index contributed by atoms with van der Waals surface area (Å²) in [6.07, 6.45) is 1.02. The second-order valence-electron chi connectivity index (χ2n) is 6.03. The van der Waals surface area contributed by atoms with Crippen molar-refractivity contribution in [3.63, 3.8) is 0 Å². The van der Waals surface area contributed by atoms with E-state index in [1.54, 1.807) is 18.2 Å². The van der Waals surface area contributed by atoms with Gasteiger partial charge in [-0.2, -0.15) is 0 Å². The summed E-state index contributed by atoms with van der Waals surface area (Å²) in [6.45, 7) is 5.61. The average molecular weight is 499 g/mol. The number of hydrogen-bond donors (Lipinski definition) is 3. The van der Waals surface area contributed by atoms with Gasteiger partial charge in [0.05, 0.1) is 6.54 Å². The molecule has 0 saturated heterocycles. The summed E-state index contributed by atoms with van der Waals surface area (Å²) in [6, 6.07) is 11.9. The number of hydrogen-bond acceptors (Lipinski definition) is 3. The summed E-state index contributed by atoms with van der Waals surface area (Å²) in [4.78, 5) is 20.7. The Labute approximate surface area is 182 Å². The number of aliphatic imine (C=N–C) groups is 1. The van der Waals surface area contributed by atoms with Gasteiger partial charge >= 0.3 is 0 Å². The van der Waals surface area contributed by atoms with Crippen molar-refractivity contribution >= 4 is 41.7 Å². The number of rotatable bonds is 8. The van der Waals surface area contributed by atoms with E-state index in [2.05, 4.69) is 25.9 Å². The molecule has 0 fully saturated rings. The highest BCUT2D eigenvalue weighted by Crippen LogP contribution is 2.04. The van der Waals surface area contributed by atoms with E-state index in [1.165, 1.54) is 12.1 Å². The lowest BCUT2D eigenvalue weighted by molar-refractivity contribution is -0.116. The highest BCUT2D eigenvalue weighted by molar-refractivity contribution is 14.0. The van der Waals surface area contributed by atoms with Crippen LogP contribution in [0.1, 0.15) is 24.6 Å². The fourth-order valence-corrected chi connectivity index (χ4v) is 2.41. The lowest BCUT2D eigenvalue weighted by atomic mass is 10.1. The van der Waals surface area contributed by atoms with Gasteiger partial charge in [-0.3, -0.25) is 9.79 Å². The Bertz CT molecular complexity index is 767. The first-order chi connectivity index (χ1) is 13.1. The van der Waals surface area contributed by atoms with Crippen LogP contribution in [0.2, 0.25) is 0 Å². The van der Waals surface area contributed by atoms with Gasteiger partial charge in [0.25, 0.3) is 0 Å². The third kappa shape index (κ3) is 9.12. The molecule has 0 aliphatic heterocycles. The summed E-state index contributed by atoms with van der Waals surface area (Å²) >= 11 is 0. The van der Waals surface area contributed by atoms with E-state index in [0.29, 0.717) is 24.9 Å². The largest absolute Gasteiger partial charge is 0.357 e. The number of aromatic nitrogens is 1. The monoisotopic (exact) mass is 499 g/mol. The summed E-state index contributed by atoms with van der Waals surface area (Å²) in [5, 5.41) is 9.13.